The van der Waals surface area contributed by atoms with E-state index in [0.717, 1.165) is 17.3 Å². The van der Waals surface area contributed by atoms with Crippen LogP contribution in [0.4, 0.5) is 4.39 Å². The zero-order valence-corrected chi connectivity index (χ0v) is 15.8. The summed E-state index contributed by atoms with van der Waals surface area (Å²) in [5, 5.41) is 0.711. The molecule has 1 N–H and O–H groups in total. The number of rotatable bonds is 4. The van der Waals surface area contributed by atoms with Crippen LogP contribution in [-0.2, 0) is 16.4 Å². The van der Waals surface area contributed by atoms with E-state index in [1.165, 1.54) is 12.1 Å². The monoisotopic (exact) mass is 396 g/mol. The zero-order chi connectivity index (χ0) is 19.9. The van der Waals surface area contributed by atoms with Gasteiger partial charge >= 0.3 is 0 Å². The summed E-state index contributed by atoms with van der Waals surface area (Å²) in [6, 6.07) is 16.3. The van der Waals surface area contributed by atoms with E-state index in [0.29, 0.717) is 23.2 Å². The van der Waals surface area contributed by atoms with Crippen molar-refractivity contribution < 1.29 is 12.8 Å². The van der Waals surface area contributed by atoms with E-state index < -0.39 is 9.84 Å². The summed E-state index contributed by atoms with van der Waals surface area (Å²) >= 11 is 0. The van der Waals surface area contributed by atoms with Crippen LogP contribution in [0.2, 0.25) is 0 Å². The number of aromatic nitrogens is 2. The van der Waals surface area contributed by atoms with Crippen molar-refractivity contribution in [2.24, 2.45) is 0 Å². The van der Waals surface area contributed by atoms with Crippen LogP contribution >= 0.6 is 0 Å². The molecular formula is C21H17FN2O3S. The normalized spacial score (nSPS) is 11.8. The molecule has 4 rings (SSSR count). The molecule has 0 radical (unpaired) electrons. The van der Waals surface area contributed by atoms with Crippen LogP contribution in [0.15, 0.2) is 76.6 Å². The van der Waals surface area contributed by atoms with Crippen LogP contribution in [0.1, 0.15) is 5.56 Å². The Morgan fingerprint density at radius 2 is 1.79 bits per heavy atom. The van der Waals surface area contributed by atoms with Gasteiger partial charge in [0, 0.05) is 29.9 Å². The quantitative estimate of drug-likeness (QED) is 0.573. The number of halogens is 1. The van der Waals surface area contributed by atoms with E-state index >= 15 is 0 Å². The molecule has 142 valence electrons. The number of hydrogen-bond acceptors (Lipinski definition) is 3. The Morgan fingerprint density at radius 1 is 1.04 bits per heavy atom. The van der Waals surface area contributed by atoms with E-state index in [1.54, 1.807) is 54.7 Å². The number of hydrogen-bond donors (Lipinski definition) is 1. The third kappa shape index (κ3) is 3.36. The third-order valence-corrected chi connectivity index (χ3v) is 5.76. The second-order valence-corrected chi connectivity index (χ2v) is 8.66. The van der Waals surface area contributed by atoms with E-state index in [9.17, 15) is 17.6 Å². The number of pyridine rings is 1. The van der Waals surface area contributed by atoms with E-state index in [2.05, 4.69) is 4.98 Å². The highest BCUT2D eigenvalue weighted by Crippen LogP contribution is 2.29. The first-order chi connectivity index (χ1) is 13.3. The number of fused-ring (bicyclic) bond motifs is 1. The molecule has 2 heterocycles. The molecule has 0 fully saturated rings. The Balaban J connectivity index is 1.96. The first kappa shape index (κ1) is 18.2. The summed E-state index contributed by atoms with van der Waals surface area (Å²) in [6.45, 7) is 0.408. The average molecular weight is 396 g/mol. The van der Waals surface area contributed by atoms with Gasteiger partial charge in [0.2, 0.25) is 0 Å². The fourth-order valence-electron chi connectivity index (χ4n) is 3.27. The predicted molar refractivity (Wildman–Crippen MR) is 107 cm³/mol. The van der Waals surface area contributed by atoms with Crippen molar-refractivity contribution in [3.8, 4) is 11.3 Å². The minimum Gasteiger partial charge on any atom is -0.336 e. The highest BCUT2D eigenvalue weighted by Gasteiger charge is 2.16. The number of H-pyrrole nitrogens is 1. The molecule has 4 aromatic rings. The molecule has 0 unspecified atom stereocenters. The van der Waals surface area contributed by atoms with Gasteiger partial charge in [-0.1, -0.05) is 12.1 Å². The number of nitrogens with one attached hydrogen (secondary N) is 1. The van der Waals surface area contributed by atoms with Crippen molar-refractivity contribution in [1.29, 1.82) is 0 Å². The van der Waals surface area contributed by atoms with E-state index in [1.807, 2.05) is 4.57 Å². The van der Waals surface area contributed by atoms with E-state index in [-0.39, 0.29) is 16.3 Å². The minimum atomic E-state index is -3.35. The molecule has 2 aromatic carbocycles. The van der Waals surface area contributed by atoms with Gasteiger partial charge in [-0.15, -0.1) is 0 Å². The van der Waals surface area contributed by atoms with Gasteiger partial charge in [-0.3, -0.25) is 4.79 Å². The average Bonchev–Trinajstić information content (AvgIpc) is 3.01. The molecule has 0 bridgehead atoms. The van der Waals surface area contributed by atoms with Crippen LogP contribution in [0.5, 0.6) is 0 Å². The lowest BCUT2D eigenvalue weighted by Crippen LogP contribution is -2.11. The summed E-state index contributed by atoms with van der Waals surface area (Å²) in [6.07, 6.45) is 2.72. The minimum absolute atomic E-state index is 0.215. The fourth-order valence-corrected chi connectivity index (χ4v) is 3.93. The Hall–Kier alpha value is -3.19. The molecule has 0 atom stereocenters. The molecule has 28 heavy (non-hydrogen) atoms. The van der Waals surface area contributed by atoms with Gasteiger partial charge < -0.3 is 9.55 Å². The maximum absolute atomic E-state index is 13.3. The zero-order valence-electron chi connectivity index (χ0n) is 15.0. The van der Waals surface area contributed by atoms with Crippen molar-refractivity contribution in [2.45, 2.75) is 11.4 Å². The van der Waals surface area contributed by atoms with Gasteiger partial charge in [-0.05, 0) is 54.1 Å². The standard InChI is InChI=1S/C21H17FN2O3S/c1-28(26,27)17-8-9-19-15(11-17)12-20(18-3-2-10-23-21(18)25)24(19)13-14-4-6-16(22)7-5-14/h2-12H,13H2,1H3,(H,23,25). The van der Waals surface area contributed by atoms with Gasteiger partial charge in [0.1, 0.15) is 5.82 Å². The Morgan fingerprint density at radius 3 is 2.46 bits per heavy atom. The van der Waals surface area contributed by atoms with Gasteiger partial charge in [-0.2, -0.15) is 0 Å². The molecule has 0 aliphatic carbocycles. The fraction of sp³-hybridized carbons (Fsp3) is 0.0952. The lowest BCUT2D eigenvalue weighted by Gasteiger charge is -2.11. The van der Waals surface area contributed by atoms with Gasteiger partial charge in [0.05, 0.1) is 16.2 Å². The van der Waals surface area contributed by atoms with Crippen molar-refractivity contribution in [2.75, 3.05) is 6.26 Å². The van der Waals surface area contributed by atoms with Crippen molar-refractivity contribution in [3.63, 3.8) is 0 Å². The second kappa shape index (κ2) is 6.76. The summed E-state index contributed by atoms with van der Waals surface area (Å²) < 4.78 is 39.0. The van der Waals surface area contributed by atoms with Crippen molar-refractivity contribution in [1.82, 2.24) is 9.55 Å². The largest absolute Gasteiger partial charge is 0.336 e. The van der Waals surface area contributed by atoms with E-state index in [4.69, 9.17) is 0 Å². The summed E-state index contributed by atoms with van der Waals surface area (Å²) in [7, 11) is -3.35. The molecule has 0 saturated carbocycles. The van der Waals surface area contributed by atoms with Gasteiger partial charge in [0.25, 0.3) is 5.56 Å². The lowest BCUT2D eigenvalue weighted by atomic mass is 10.2. The van der Waals surface area contributed by atoms with Crippen LogP contribution in [0.25, 0.3) is 22.2 Å². The molecule has 7 heteroatoms. The molecular weight excluding hydrogens is 379 g/mol. The molecule has 0 spiro atoms. The topological polar surface area (TPSA) is 71.9 Å². The second-order valence-electron chi connectivity index (χ2n) is 6.65. The molecule has 2 aromatic heterocycles. The Labute approximate surface area is 161 Å². The SMILES string of the molecule is CS(=O)(=O)c1ccc2c(c1)cc(-c1ccc[nH]c1=O)n2Cc1ccc(F)cc1. The summed E-state index contributed by atoms with van der Waals surface area (Å²) in [5.74, 6) is -0.321. The predicted octanol–water partition coefficient (Wildman–Crippen LogP) is 3.59. The maximum atomic E-state index is 13.3. The summed E-state index contributed by atoms with van der Waals surface area (Å²) in [4.78, 5) is 15.2. The van der Waals surface area contributed by atoms with Crippen LogP contribution in [0.3, 0.4) is 0 Å². The number of benzene rings is 2. The molecule has 5 nitrogen and oxygen atoms in total. The van der Waals surface area contributed by atoms with Crippen molar-refractivity contribution in [3.05, 3.63) is 88.6 Å². The highest BCUT2D eigenvalue weighted by molar-refractivity contribution is 7.90. The van der Waals surface area contributed by atoms with Gasteiger partial charge in [-0.25, -0.2) is 12.8 Å². The third-order valence-electron chi connectivity index (χ3n) is 4.65. The highest BCUT2D eigenvalue weighted by atomic mass is 32.2. The number of nitrogens with zero attached hydrogens (tertiary/aromatic N) is 1. The first-order valence-corrected chi connectivity index (χ1v) is 10.5. The summed E-state index contributed by atoms with van der Waals surface area (Å²) in [5.41, 5.74) is 2.54. The Bertz CT molecular complexity index is 1340. The van der Waals surface area contributed by atoms with Crippen molar-refractivity contribution >= 4 is 20.7 Å². The molecule has 0 saturated heterocycles. The van der Waals surface area contributed by atoms with Gasteiger partial charge in [0.15, 0.2) is 9.84 Å². The molecule has 0 aliphatic rings. The smallest absolute Gasteiger partial charge is 0.257 e. The Kier molecular flexibility index (Phi) is 4.39. The molecule has 0 aliphatic heterocycles. The van der Waals surface area contributed by atoms with Crippen LogP contribution in [0, 0.1) is 5.82 Å². The van der Waals surface area contributed by atoms with Crippen LogP contribution < -0.4 is 5.56 Å². The number of sulfone groups is 1. The molecule has 0 amide bonds. The van der Waals surface area contributed by atoms with Crippen LogP contribution in [-0.4, -0.2) is 24.2 Å². The maximum Gasteiger partial charge on any atom is 0.257 e. The first-order valence-electron chi connectivity index (χ1n) is 8.59. The number of aromatic amines is 1. The lowest BCUT2D eigenvalue weighted by molar-refractivity contribution is 0.602.